The van der Waals surface area contributed by atoms with E-state index in [-0.39, 0.29) is 31.3 Å². The lowest BCUT2D eigenvalue weighted by Gasteiger charge is -2.29. The molecule has 1 amide bonds. The molecule has 0 unspecified atom stereocenters. The molecule has 1 fully saturated rings. The van der Waals surface area contributed by atoms with Gasteiger partial charge in [0.1, 0.15) is 6.54 Å². The Hall–Kier alpha value is -2.48. The fourth-order valence-electron chi connectivity index (χ4n) is 2.83. The first kappa shape index (κ1) is 18.9. The van der Waals surface area contributed by atoms with E-state index < -0.39 is 10.9 Å². The lowest BCUT2D eigenvalue weighted by atomic mass is 10.1. The van der Waals surface area contributed by atoms with Crippen LogP contribution in [0.5, 0.6) is 0 Å². The van der Waals surface area contributed by atoms with E-state index in [1.165, 1.54) is 23.1 Å². The molecule has 0 atom stereocenters. The number of carbonyl (C=O) groups excluding carboxylic acids is 2. The van der Waals surface area contributed by atoms with Gasteiger partial charge < -0.3 is 4.74 Å². The third-order valence-electron chi connectivity index (χ3n) is 4.05. The topological polar surface area (TPSA) is 93.0 Å². The number of nitrogens with zero attached hydrogens (tertiary/aromatic N) is 3. The molecule has 1 aromatic rings. The van der Waals surface area contributed by atoms with Gasteiger partial charge in [0.25, 0.3) is 5.69 Å². The number of benzene rings is 1. The molecular formula is C17H23N3O5. The van der Waals surface area contributed by atoms with Crippen molar-refractivity contribution in [3.63, 3.8) is 0 Å². The summed E-state index contributed by atoms with van der Waals surface area (Å²) in [6, 6.07) is 5.73. The molecular weight excluding hydrogens is 326 g/mol. The molecule has 0 saturated carbocycles. The van der Waals surface area contributed by atoms with Gasteiger partial charge in [-0.1, -0.05) is 12.5 Å². The van der Waals surface area contributed by atoms with Gasteiger partial charge in [0, 0.05) is 12.1 Å². The number of nitro groups is 1. The first-order valence-electron chi connectivity index (χ1n) is 8.44. The zero-order valence-electron chi connectivity index (χ0n) is 14.3. The molecule has 0 radical (unpaired) electrons. The Kier molecular flexibility index (Phi) is 6.88. The van der Waals surface area contributed by atoms with Gasteiger partial charge in [0.05, 0.1) is 23.8 Å². The Morgan fingerprint density at radius 2 is 2.00 bits per heavy atom. The van der Waals surface area contributed by atoms with Crippen molar-refractivity contribution in [3.05, 3.63) is 34.4 Å². The standard InChI is InChI=1S/C17H23N3O5/c1-2-25-17(22)13-19(14-7-6-8-15(11-14)20(23)24)16(21)12-18-9-4-3-5-10-18/h6-8,11H,2-5,9-10,12-13H2,1H3. The summed E-state index contributed by atoms with van der Waals surface area (Å²) in [5, 5.41) is 11.0. The molecule has 1 aliphatic heterocycles. The van der Waals surface area contributed by atoms with Gasteiger partial charge in [-0.2, -0.15) is 0 Å². The summed E-state index contributed by atoms with van der Waals surface area (Å²) in [5.41, 5.74) is 0.196. The Balaban J connectivity index is 2.19. The quantitative estimate of drug-likeness (QED) is 0.424. The van der Waals surface area contributed by atoms with Gasteiger partial charge in [0.2, 0.25) is 5.91 Å². The number of piperidine rings is 1. The number of hydrogen-bond donors (Lipinski definition) is 0. The molecule has 8 heteroatoms. The Morgan fingerprint density at radius 3 is 2.64 bits per heavy atom. The van der Waals surface area contributed by atoms with Crippen LogP contribution in [0.25, 0.3) is 0 Å². The number of hydrogen-bond acceptors (Lipinski definition) is 6. The molecule has 136 valence electrons. The Bertz CT molecular complexity index is 628. The monoisotopic (exact) mass is 349 g/mol. The Morgan fingerprint density at radius 1 is 1.28 bits per heavy atom. The largest absolute Gasteiger partial charge is 0.465 e. The lowest BCUT2D eigenvalue weighted by molar-refractivity contribution is -0.384. The SMILES string of the molecule is CCOC(=O)CN(C(=O)CN1CCCCC1)c1cccc([N+](=O)[O-])c1. The van der Waals surface area contributed by atoms with Crippen LogP contribution in [0.2, 0.25) is 0 Å². The lowest BCUT2D eigenvalue weighted by Crippen LogP contribution is -2.44. The highest BCUT2D eigenvalue weighted by Gasteiger charge is 2.24. The highest BCUT2D eigenvalue weighted by atomic mass is 16.6. The molecule has 2 rings (SSSR count). The van der Waals surface area contributed by atoms with Crippen LogP contribution in [0, 0.1) is 10.1 Å². The van der Waals surface area contributed by atoms with E-state index in [0.717, 1.165) is 32.4 Å². The fraction of sp³-hybridized carbons (Fsp3) is 0.529. The maximum absolute atomic E-state index is 12.7. The van der Waals surface area contributed by atoms with Gasteiger partial charge in [-0.3, -0.25) is 29.5 Å². The molecule has 1 aromatic carbocycles. The fourth-order valence-corrected chi connectivity index (χ4v) is 2.83. The third-order valence-corrected chi connectivity index (χ3v) is 4.05. The molecule has 1 aliphatic rings. The molecule has 0 aromatic heterocycles. The number of ether oxygens (including phenoxy) is 1. The average Bonchev–Trinajstić information content (AvgIpc) is 2.61. The van der Waals surface area contributed by atoms with Crippen molar-refractivity contribution in [2.75, 3.05) is 37.7 Å². The van der Waals surface area contributed by atoms with Crippen LogP contribution in [0.4, 0.5) is 11.4 Å². The second-order valence-corrected chi connectivity index (χ2v) is 5.90. The van der Waals surface area contributed by atoms with Crippen LogP contribution in [0.1, 0.15) is 26.2 Å². The molecule has 0 aliphatic carbocycles. The number of anilines is 1. The average molecular weight is 349 g/mol. The van der Waals surface area contributed by atoms with Crippen molar-refractivity contribution in [2.45, 2.75) is 26.2 Å². The summed E-state index contributed by atoms with van der Waals surface area (Å²) >= 11 is 0. The number of carbonyl (C=O) groups is 2. The predicted octanol–water partition coefficient (Wildman–Crippen LogP) is 1.98. The van der Waals surface area contributed by atoms with E-state index in [1.54, 1.807) is 13.0 Å². The summed E-state index contributed by atoms with van der Waals surface area (Å²) in [6.45, 7) is 3.50. The first-order chi connectivity index (χ1) is 12.0. The first-order valence-corrected chi connectivity index (χ1v) is 8.44. The third kappa shape index (κ3) is 5.53. The summed E-state index contributed by atoms with van der Waals surface area (Å²) in [5.74, 6) is -0.809. The van der Waals surface area contributed by atoms with Crippen LogP contribution in [-0.4, -0.2) is 54.5 Å². The van der Waals surface area contributed by atoms with Crippen molar-refractivity contribution in [3.8, 4) is 0 Å². The maximum Gasteiger partial charge on any atom is 0.326 e. The van der Waals surface area contributed by atoms with E-state index in [0.29, 0.717) is 5.69 Å². The molecule has 1 heterocycles. The van der Waals surface area contributed by atoms with Crippen molar-refractivity contribution in [2.24, 2.45) is 0 Å². The molecule has 0 spiro atoms. The summed E-state index contributed by atoms with van der Waals surface area (Å²) < 4.78 is 4.93. The van der Waals surface area contributed by atoms with Crippen LogP contribution in [0.15, 0.2) is 24.3 Å². The predicted molar refractivity (Wildman–Crippen MR) is 92.4 cm³/mol. The number of esters is 1. The molecule has 0 N–H and O–H groups in total. The zero-order chi connectivity index (χ0) is 18.2. The summed E-state index contributed by atoms with van der Waals surface area (Å²) in [4.78, 5) is 38.4. The van der Waals surface area contributed by atoms with Gasteiger partial charge >= 0.3 is 5.97 Å². The number of non-ortho nitro benzene ring substituents is 1. The van der Waals surface area contributed by atoms with Crippen molar-refractivity contribution >= 4 is 23.3 Å². The second kappa shape index (κ2) is 9.12. The number of rotatable bonds is 7. The van der Waals surface area contributed by atoms with Crippen molar-refractivity contribution < 1.29 is 19.2 Å². The maximum atomic E-state index is 12.7. The normalized spacial score (nSPS) is 14.8. The minimum atomic E-state index is -0.541. The smallest absolute Gasteiger partial charge is 0.326 e. The van der Waals surface area contributed by atoms with Gasteiger partial charge in [-0.05, 0) is 38.9 Å². The zero-order valence-corrected chi connectivity index (χ0v) is 14.3. The van der Waals surface area contributed by atoms with Gasteiger partial charge in [-0.25, -0.2) is 0 Å². The Labute approximate surface area is 146 Å². The van der Waals surface area contributed by atoms with E-state index >= 15 is 0 Å². The van der Waals surface area contributed by atoms with E-state index in [1.807, 2.05) is 4.90 Å². The number of nitro benzene ring substituents is 1. The van der Waals surface area contributed by atoms with Gasteiger partial charge in [0.15, 0.2) is 0 Å². The van der Waals surface area contributed by atoms with Crippen LogP contribution >= 0.6 is 0 Å². The minimum absolute atomic E-state index is 0.128. The highest BCUT2D eigenvalue weighted by Crippen LogP contribution is 2.22. The highest BCUT2D eigenvalue weighted by molar-refractivity contribution is 5.99. The molecule has 8 nitrogen and oxygen atoms in total. The summed E-state index contributed by atoms with van der Waals surface area (Å²) in [6.07, 6.45) is 3.24. The van der Waals surface area contributed by atoms with E-state index in [9.17, 15) is 19.7 Å². The van der Waals surface area contributed by atoms with E-state index in [2.05, 4.69) is 0 Å². The number of likely N-dealkylation sites (tertiary alicyclic amines) is 1. The van der Waals surface area contributed by atoms with Crippen LogP contribution in [0.3, 0.4) is 0 Å². The second-order valence-electron chi connectivity index (χ2n) is 5.90. The number of amides is 1. The molecule has 25 heavy (non-hydrogen) atoms. The van der Waals surface area contributed by atoms with E-state index in [4.69, 9.17) is 4.74 Å². The summed E-state index contributed by atoms with van der Waals surface area (Å²) in [7, 11) is 0. The van der Waals surface area contributed by atoms with Crippen molar-refractivity contribution in [1.29, 1.82) is 0 Å². The van der Waals surface area contributed by atoms with Crippen LogP contribution in [-0.2, 0) is 14.3 Å². The minimum Gasteiger partial charge on any atom is -0.465 e. The van der Waals surface area contributed by atoms with Crippen molar-refractivity contribution in [1.82, 2.24) is 4.90 Å². The molecule has 0 bridgehead atoms. The molecule has 1 saturated heterocycles. The van der Waals surface area contributed by atoms with Gasteiger partial charge in [-0.15, -0.1) is 0 Å². The van der Waals surface area contributed by atoms with Crippen LogP contribution < -0.4 is 4.90 Å².